The van der Waals surface area contributed by atoms with Crippen molar-refractivity contribution in [1.82, 2.24) is 14.6 Å². The molecular weight excluding hydrogens is 348 g/mol. The predicted molar refractivity (Wildman–Crippen MR) is 98.5 cm³/mol. The second-order valence-corrected chi connectivity index (χ2v) is 6.95. The van der Waals surface area contributed by atoms with Gasteiger partial charge in [-0.3, -0.25) is 14.3 Å². The highest BCUT2D eigenvalue weighted by Gasteiger charge is 2.27. The molecule has 0 saturated carbocycles. The third-order valence-electron chi connectivity index (χ3n) is 4.98. The van der Waals surface area contributed by atoms with Crippen molar-refractivity contribution in [2.75, 3.05) is 39.3 Å². The fourth-order valence-electron chi connectivity index (χ4n) is 3.58. The summed E-state index contributed by atoms with van der Waals surface area (Å²) in [5.41, 5.74) is 2.54. The number of piperazine rings is 1. The van der Waals surface area contributed by atoms with Gasteiger partial charge in [-0.15, -0.1) is 0 Å². The minimum absolute atomic E-state index is 0.106. The number of nitrogens with one attached hydrogen (secondary N) is 1. The summed E-state index contributed by atoms with van der Waals surface area (Å²) in [5, 5.41) is 4.06. The van der Waals surface area contributed by atoms with E-state index >= 15 is 0 Å². The Morgan fingerprint density at radius 3 is 2.52 bits per heavy atom. The van der Waals surface area contributed by atoms with Gasteiger partial charge in [0.05, 0.1) is 32.8 Å². The molecule has 2 aromatic heterocycles. The zero-order valence-electron chi connectivity index (χ0n) is 16.4. The van der Waals surface area contributed by atoms with Crippen LogP contribution in [0.5, 0.6) is 0 Å². The maximum Gasteiger partial charge on any atom is 0.410 e. The normalized spacial score (nSPS) is 15.2. The molecule has 0 radical (unpaired) electrons. The van der Waals surface area contributed by atoms with E-state index in [4.69, 9.17) is 9.26 Å². The SMILES string of the molecule is CCOC(=O)N1CC[NH+](CC(=O)c2cc(C)n(-c3cc(C)on3)c2C)CC1. The van der Waals surface area contributed by atoms with Crippen molar-refractivity contribution in [2.45, 2.75) is 27.7 Å². The number of Topliss-reactive ketones (excluding diaryl/α,β-unsaturated/α-hetero) is 1. The highest BCUT2D eigenvalue weighted by molar-refractivity contribution is 5.98. The van der Waals surface area contributed by atoms with Crippen LogP contribution in [0.4, 0.5) is 4.79 Å². The van der Waals surface area contributed by atoms with Gasteiger partial charge in [-0.25, -0.2) is 4.79 Å². The molecule has 146 valence electrons. The van der Waals surface area contributed by atoms with Gasteiger partial charge in [-0.05, 0) is 33.8 Å². The number of aromatic nitrogens is 2. The summed E-state index contributed by atoms with van der Waals surface area (Å²) < 4.78 is 12.1. The summed E-state index contributed by atoms with van der Waals surface area (Å²) in [7, 11) is 0. The average molecular weight is 375 g/mol. The Kier molecular flexibility index (Phi) is 5.65. The van der Waals surface area contributed by atoms with E-state index in [-0.39, 0.29) is 11.9 Å². The molecule has 8 nitrogen and oxygen atoms in total. The summed E-state index contributed by atoms with van der Waals surface area (Å²) in [5.74, 6) is 1.53. The molecule has 0 bridgehead atoms. The van der Waals surface area contributed by atoms with Crippen LogP contribution in [0.15, 0.2) is 16.7 Å². The molecule has 1 aliphatic rings. The van der Waals surface area contributed by atoms with Crippen molar-refractivity contribution < 1.29 is 23.7 Å². The number of carbonyl (C=O) groups excluding carboxylic acids is 2. The number of amides is 1. The number of quaternary nitrogens is 1. The number of nitrogens with zero attached hydrogens (tertiary/aromatic N) is 3. The van der Waals surface area contributed by atoms with Crippen LogP contribution in [-0.2, 0) is 4.74 Å². The topological polar surface area (TPSA) is 82.0 Å². The lowest BCUT2D eigenvalue weighted by Crippen LogP contribution is -3.15. The zero-order valence-corrected chi connectivity index (χ0v) is 16.4. The van der Waals surface area contributed by atoms with E-state index in [1.54, 1.807) is 11.8 Å². The molecule has 3 rings (SSSR count). The third kappa shape index (κ3) is 4.05. The van der Waals surface area contributed by atoms with Crippen molar-refractivity contribution >= 4 is 11.9 Å². The Bertz CT molecular complexity index is 831. The van der Waals surface area contributed by atoms with Crippen molar-refractivity contribution in [1.29, 1.82) is 0 Å². The van der Waals surface area contributed by atoms with E-state index in [2.05, 4.69) is 5.16 Å². The predicted octanol–water partition coefficient (Wildman–Crippen LogP) is 0.930. The Balaban J connectivity index is 1.65. The Hall–Kier alpha value is -2.61. The van der Waals surface area contributed by atoms with Gasteiger partial charge in [-0.1, -0.05) is 5.16 Å². The first-order valence-corrected chi connectivity index (χ1v) is 9.31. The average Bonchev–Trinajstić information content (AvgIpc) is 3.18. The van der Waals surface area contributed by atoms with Gasteiger partial charge in [0.2, 0.25) is 5.78 Å². The van der Waals surface area contributed by atoms with Crippen LogP contribution >= 0.6 is 0 Å². The molecule has 0 spiro atoms. The van der Waals surface area contributed by atoms with Crippen LogP contribution in [0.25, 0.3) is 5.82 Å². The number of aryl methyl sites for hydroxylation is 2. The van der Waals surface area contributed by atoms with Crippen LogP contribution in [0.1, 0.15) is 34.4 Å². The minimum atomic E-state index is -0.269. The standard InChI is InChI=1S/C19H26N4O4/c1-5-26-19(25)22-8-6-21(7-9-22)12-17(24)16-10-13(2)23(15(16)4)18-11-14(3)27-20-18/h10-11H,5-9,12H2,1-4H3/p+1. The first-order chi connectivity index (χ1) is 12.9. The van der Waals surface area contributed by atoms with E-state index in [1.807, 2.05) is 37.5 Å². The lowest BCUT2D eigenvalue weighted by atomic mass is 10.1. The first-order valence-electron chi connectivity index (χ1n) is 9.31. The zero-order chi connectivity index (χ0) is 19.6. The highest BCUT2D eigenvalue weighted by Crippen LogP contribution is 2.20. The maximum absolute atomic E-state index is 12.9. The molecule has 1 aliphatic heterocycles. The van der Waals surface area contributed by atoms with Gasteiger partial charge in [-0.2, -0.15) is 0 Å². The highest BCUT2D eigenvalue weighted by atomic mass is 16.6. The second kappa shape index (κ2) is 7.96. The number of carbonyl (C=O) groups is 2. The van der Waals surface area contributed by atoms with Crippen molar-refractivity contribution in [3.63, 3.8) is 0 Å². The molecule has 3 heterocycles. The van der Waals surface area contributed by atoms with Crippen LogP contribution in [0.2, 0.25) is 0 Å². The van der Waals surface area contributed by atoms with Gasteiger partial charge in [0.15, 0.2) is 5.82 Å². The molecule has 0 aromatic carbocycles. The van der Waals surface area contributed by atoms with Gasteiger partial charge >= 0.3 is 6.09 Å². The molecule has 1 fully saturated rings. The molecule has 0 aliphatic carbocycles. The van der Waals surface area contributed by atoms with Gasteiger partial charge in [0.1, 0.15) is 12.3 Å². The Labute approximate surface area is 158 Å². The Morgan fingerprint density at radius 1 is 1.22 bits per heavy atom. The van der Waals surface area contributed by atoms with Crippen LogP contribution in [0, 0.1) is 20.8 Å². The number of hydrogen-bond donors (Lipinski definition) is 1. The van der Waals surface area contributed by atoms with E-state index in [0.29, 0.717) is 37.6 Å². The Morgan fingerprint density at radius 2 is 1.93 bits per heavy atom. The molecule has 1 saturated heterocycles. The summed E-state index contributed by atoms with van der Waals surface area (Å²) in [4.78, 5) is 27.5. The smallest absolute Gasteiger partial charge is 0.410 e. The number of ketones is 1. The molecule has 2 aromatic rings. The van der Waals surface area contributed by atoms with E-state index < -0.39 is 0 Å². The van der Waals surface area contributed by atoms with E-state index in [9.17, 15) is 9.59 Å². The van der Waals surface area contributed by atoms with Gasteiger partial charge in [0, 0.05) is 23.0 Å². The van der Waals surface area contributed by atoms with E-state index in [0.717, 1.165) is 30.2 Å². The lowest BCUT2D eigenvalue weighted by Gasteiger charge is -2.31. The minimum Gasteiger partial charge on any atom is -0.450 e. The third-order valence-corrected chi connectivity index (χ3v) is 4.98. The van der Waals surface area contributed by atoms with E-state index in [1.165, 1.54) is 4.90 Å². The molecule has 27 heavy (non-hydrogen) atoms. The monoisotopic (exact) mass is 375 g/mol. The molecule has 1 amide bonds. The fourth-order valence-corrected chi connectivity index (χ4v) is 3.58. The fraction of sp³-hybridized carbons (Fsp3) is 0.526. The lowest BCUT2D eigenvalue weighted by molar-refractivity contribution is -0.895. The molecule has 0 unspecified atom stereocenters. The maximum atomic E-state index is 12.9. The molecular formula is C19H27N4O4+. The molecule has 0 atom stereocenters. The number of ether oxygens (including phenoxy) is 1. The van der Waals surface area contributed by atoms with Crippen molar-refractivity contribution in [2.24, 2.45) is 0 Å². The van der Waals surface area contributed by atoms with Gasteiger partial charge in [0.25, 0.3) is 0 Å². The summed E-state index contributed by atoms with van der Waals surface area (Å²) in [6.07, 6.45) is -0.269. The number of hydrogen-bond acceptors (Lipinski definition) is 5. The largest absolute Gasteiger partial charge is 0.450 e. The summed E-state index contributed by atoms with van der Waals surface area (Å²) in [6, 6.07) is 3.77. The van der Waals surface area contributed by atoms with Crippen molar-refractivity contribution in [3.05, 3.63) is 34.8 Å². The van der Waals surface area contributed by atoms with Crippen LogP contribution in [0.3, 0.4) is 0 Å². The summed E-state index contributed by atoms with van der Waals surface area (Å²) in [6.45, 7) is 11.0. The first kappa shape index (κ1) is 19.2. The second-order valence-electron chi connectivity index (χ2n) is 6.95. The van der Waals surface area contributed by atoms with Crippen molar-refractivity contribution in [3.8, 4) is 5.82 Å². The number of rotatable bonds is 5. The van der Waals surface area contributed by atoms with Gasteiger partial charge < -0.3 is 14.2 Å². The van der Waals surface area contributed by atoms with Crippen LogP contribution < -0.4 is 4.90 Å². The quantitative estimate of drug-likeness (QED) is 0.787. The molecule has 1 N–H and O–H groups in total. The van der Waals surface area contributed by atoms with Crippen LogP contribution in [-0.4, -0.2) is 65.8 Å². The summed E-state index contributed by atoms with van der Waals surface area (Å²) >= 11 is 0. The molecule has 8 heteroatoms.